The molecule has 0 aliphatic carbocycles. The lowest BCUT2D eigenvalue weighted by Gasteiger charge is -2.19. The summed E-state index contributed by atoms with van der Waals surface area (Å²) in [6, 6.07) is 7.87. The number of H-pyrrole nitrogens is 1. The van der Waals surface area contributed by atoms with E-state index >= 15 is 0 Å². The molecule has 1 amide bonds. The molecule has 9 nitrogen and oxygen atoms in total. The second-order valence-electron chi connectivity index (χ2n) is 7.52. The molecule has 0 fully saturated rings. The fraction of sp³-hybridized carbons (Fsp3) is 0.263. The Hall–Kier alpha value is -3.62. The van der Waals surface area contributed by atoms with Crippen LogP contribution in [0.4, 0.5) is 5.69 Å². The standard InChI is InChI=1S/C19H21N7O2/c1-19(2,3)24-18-25-26(10-28-18)11-4-5-14-12(8-11)13(9-22-14)17-21-7-6-15(23-17)16(20)27/h4-9,22H,10H2,1-3H3,(H2,20,27)(H,24,25). The predicted molar refractivity (Wildman–Crippen MR) is 107 cm³/mol. The van der Waals surface area contributed by atoms with Crippen molar-refractivity contribution >= 4 is 28.5 Å². The van der Waals surface area contributed by atoms with Crippen LogP contribution in [-0.2, 0) is 4.74 Å². The molecular formula is C19H21N7O2. The first-order valence-electron chi connectivity index (χ1n) is 8.82. The summed E-state index contributed by atoms with van der Waals surface area (Å²) in [7, 11) is 0. The largest absolute Gasteiger partial charge is 0.441 e. The van der Waals surface area contributed by atoms with E-state index in [1.54, 1.807) is 5.01 Å². The van der Waals surface area contributed by atoms with Crippen molar-refractivity contribution in [3.8, 4) is 11.4 Å². The minimum atomic E-state index is -0.591. The van der Waals surface area contributed by atoms with Gasteiger partial charge in [-0.25, -0.2) is 15.0 Å². The van der Waals surface area contributed by atoms with Crippen LogP contribution in [0.25, 0.3) is 22.3 Å². The highest BCUT2D eigenvalue weighted by molar-refractivity contribution is 5.97. The second-order valence-corrected chi connectivity index (χ2v) is 7.52. The van der Waals surface area contributed by atoms with Crippen molar-refractivity contribution in [2.24, 2.45) is 10.8 Å². The van der Waals surface area contributed by atoms with E-state index in [0.29, 0.717) is 18.6 Å². The van der Waals surface area contributed by atoms with Gasteiger partial charge in [-0.2, -0.15) is 0 Å². The number of hydrogen-bond donors (Lipinski definition) is 3. The zero-order valence-corrected chi connectivity index (χ0v) is 15.9. The van der Waals surface area contributed by atoms with Crippen molar-refractivity contribution in [3.05, 3.63) is 42.4 Å². The molecule has 3 aromatic rings. The number of amides is 1. The van der Waals surface area contributed by atoms with Crippen molar-refractivity contribution in [2.75, 3.05) is 11.7 Å². The third-order valence-electron chi connectivity index (χ3n) is 4.13. The molecule has 0 spiro atoms. The SMILES string of the molecule is CC(C)(C)NC1=NN(c2ccc3[nH]cc(-c4nccc(C(N)=O)n4)c3c2)CO1. The van der Waals surface area contributed by atoms with Gasteiger partial charge in [-0.15, -0.1) is 5.10 Å². The van der Waals surface area contributed by atoms with E-state index in [-0.39, 0.29) is 11.2 Å². The van der Waals surface area contributed by atoms with Crippen LogP contribution >= 0.6 is 0 Å². The summed E-state index contributed by atoms with van der Waals surface area (Å²) in [5, 5.41) is 10.4. The molecule has 0 saturated carbocycles. The number of nitrogens with two attached hydrogens (primary N) is 1. The van der Waals surface area contributed by atoms with Crippen molar-refractivity contribution in [1.82, 2.24) is 20.3 Å². The zero-order chi connectivity index (χ0) is 19.9. The fourth-order valence-corrected chi connectivity index (χ4v) is 2.88. The van der Waals surface area contributed by atoms with Gasteiger partial charge < -0.3 is 20.8 Å². The number of amidine groups is 1. The van der Waals surface area contributed by atoms with Gasteiger partial charge in [0, 0.05) is 34.4 Å². The number of fused-ring (bicyclic) bond motifs is 1. The van der Waals surface area contributed by atoms with Gasteiger partial charge in [0.25, 0.3) is 5.91 Å². The van der Waals surface area contributed by atoms with E-state index in [0.717, 1.165) is 22.2 Å². The summed E-state index contributed by atoms with van der Waals surface area (Å²) in [6.07, 6.45) is 3.33. The van der Waals surface area contributed by atoms with Gasteiger partial charge in [0.05, 0.1) is 5.69 Å². The molecule has 9 heteroatoms. The lowest BCUT2D eigenvalue weighted by molar-refractivity contribution is 0.0995. The number of aromatic amines is 1. The summed E-state index contributed by atoms with van der Waals surface area (Å²) in [5.41, 5.74) is 7.92. The normalized spacial score (nSPS) is 14.1. The van der Waals surface area contributed by atoms with Gasteiger partial charge in [0.15, 0.2) is 12.6 Å². The predicted octanol–water partition coefficient (Wildman–Crippen LogP) is 2.18. The molecule has 1 aliphatic rings. The highest BCUT2D eigenvalue weighted by Gasteiger charge is 2.22. The molecule has 0 bridgehead atoms. The first-order valence-corrected chi connectivity index (χ1v) is 8.82. The van der Waals surface area contributed by atoms with Gasteiger partial charge >= 0.3 is 6.02 Å². The molecule has 144 valence electrons. The molecule has 0 atom stereocenters. The van der Waals surface area contributed by atoms with Crippen LogP contribution in [0, 0.1) is 0 Å². The first kappa shape index (κ1) is 17.8. The van der Waals surface area contributed by atoms with Crippen LogP contribution in [0.3, 0.4) is 0 Å². The van der Waals surface area contributed by atoms with E-state index in [1.165, 1.54) is 12.3 Å². The molecule has 28 heavy (non-hydrogen) atoms. The van der Waals surface area contributed by atoms with Crippen molar-refractivity contribution in [1.29, 1.82) is 0 Å². The fourth-order valence-electron chi connectivity index (χ4n) is 2.88. The molecule has 0 saturated heterocycles. The summed E-state index contributed by atoms with van der Waals surface area (Å²) >= 11 is 0. The summed E-state index contributed by atoms with van der Waals surface area (Å²) in [4.78, 5) is 23.2. The van der Waals surface area contributed by atoms with Gasteiger partial charge in [-0.3, -0.25) is 4.79 Å². The Kier molecular flexibility index (Phi) is 4.14. The highest BCUT2D eigenvalue weighted by atomic mass is 16.5. The number of ether oxygens (including phenoxy) is 1. The van der Waals surface area contributed by atoms with E-state index in [2.05, 4.69) is 25.4 Å². The molecule has 3 heterocycles. The van der Waals surface area contributed by atoms with Gasteiger partial charge in [0.1, 0.15) is 5.69 Å². The van der Waals surface area contributed by atoms with Crippen LogP contribution in [0.5, 0.6) is 0 Å². The number of hydrogen-bond acceptors (Lipinski definition) is 7. The molecule has 1 aliphatic heterocycles. The lowest BCUT2D eigenvalue weighted by Crippen LogP contribution is -2.40. The van der Waals surface area contributed by atoms with Crippen LogP contribution in [0.1, 0.15) is 31.3 Å². The molecule has 2 aromatic heterocycles. The minimum absolute atomic E-state index is 0.143. The van der Waals surface area contributed by atoms with Gasteiger partial charge in [0.2, 0.25) is 0 Å². The summed E-state index contributed by atoms with van der Waals surface area (Å²) in [6.45, 7) is 6.44. The molecule has 4 N–H and O–H groups in total. The first-order chi connectivity index (χ1) is 13.3. The third kappa shape index (κ3) is 3.46. The summed E-state index contributed by atoms with van der Waals surface area (Å²) < 4.78 is 5.63. The zero-order valence-electron chi connectivity index (χ0n) is 15.9. The van der Waals surface area contributed by atoms with Crippen molar-refractivity contribution < 1.29 is 9.53 Å². The number of hydrazone groups is 1. The second kappa shape index (κ2) is 6.52. The molecule has 1 aromatic carbocycles. The Morgan fingerprint density at radius 1 is 1.32 bits per heavy atom. The van der Waals surface area contributed by atoms with Crippen LogP contribution in [-0.4, -0.2) is 39.2 Å². The Morgan fingerprint density at radius 3 is 2.89 bits per heavy atom. The number of rotatable bonds is 3. The lowest BCUT2D eigenvalue weighted by atomic mass is 10.1. The maximum atomic E-state index is 11.4. The number of primary amides is 1. The number of nitrogens with one attached hydrogen (secondary N) is 2. The van der Waals surface area contributed by atoms with E-state index < -0.39 is 5.91 Å². The maximum absolute atomic E-state index is 11.4. The number of anilines is 1. The number of carbonyl (C=O) groups is 1. The molecule has 0 radical (unpaired) electrons. The smallest absolute Gasteiger partial charge is 0.309 e. The average Bonchev–Trinajstić information content (AvgIpc) is 3.26. The Labute approximate surface area is 161 Å². The monoisotopic (exact) mass is 379 g/mol. The van der Waals surface area contributed by atoms with E-state index in [4.69, 9.17) is 10.5 Å². The average molecular weight is 379 g/mol. The van der Waals surface area contributed by atoms with Gasteiger partial charge in [-0.05, 0) is 45.0 Å². The molecule has 4 rings (SSSR count). The Balaban J connectivity index is 1.70. The van der Waals surface area contributed by atoms with Crippen LogP contribution in [0.2, 0.25) is 0 Å². The number of nitrogens with zero attached hydrogens (tertiary/aromatic N) is 4. The van der Waals surface area contributed by atoms with Gasteiger partial charge in [-0.1, -0.05) is 0 Å². The van der Waals surface area contributed by atoms with Crippen LogP contribution < -0.4 is 16.1 Å². The third-order valence-corrected chi connectivity index (χ3v) is 4.13. The molecular weight excluding hydrogens is 358 g/mol. The number of carbonyl (C=O) groups excluding carboxylic acids is 1. The minimum Gasteiger partial charge on any atom is -0.441 e. The molecule has 0 unspecified atom stereocenters. The van der Waals surface area contributed by atoms with Crippen molar-refractivity contribution in [3.63, 3.8) is 0 Å². The van der Waals surface area contributed by atoms with Crippen LogP contribution in [0.15, 0.2) is 41.8 Å². The topological polar surface area (TPSA) is 122 Å². The quantitative estimate of drug-likeness (QED) is 0.641. The maximum Gasteiger partial charge on any atom is 0.309 e. The Bertz CT molecular complexity index is 1080. The number of benzene rings is 1. The Morgan fingerprint density at radius 2 is 2.14 bits per heavy atom. The van der Waals surface area contributed by atoms with E-state index in [1.807, 2.05) is 45.2 Å². The van der Waals surface area contributed by atoms with E-state index in [9.17, 15) is 4.79 Å². The van der Waals surface area contributed by atoms with Crippen molar-refractivity contribution in [2.45, 2.75) is 26.3 Å². The highest BCUT2D eigenvalue weighted by Crippen LogP contribution is 2.30. The summed E-state index contributed by atoms with van der Waals surface area (Å²) in [5.74, 6) is -0.164. The number of aromatic nitrogens is 3.